The number of carbonyl (C=O) groups excluding carboxylic acids is 1. The molecule has 0 radical (unpaired) electrons. The van der Waals surface area contributed by atoms with Crippen molar-refractivity contribution in [2.24, 2.45) is 5.92 Å². The molecule has 0 aliphatic carbocycles. The molecule has 2 aliphatic heterocycles. The van der Waals surface area contributed by atoms with Crippen molar-refractivity contribution in [2.75, 3.05) is 36.5 Å². The number of fused-ring (bicyclic) bond motifs is 1. The first-order valence-electron chi connectivity index (χ1n) is 10.5. The molecule has 2 aliphatic rings. The van der Waals surface area contributed by atoms with Crippen LogP contribution in [0.2, 0.25) is 0 Å². The Hall–Kier alpha value is -3.09. The van der Waals surface area contributed by atoms with Gasteiger partial charge in [0.05, 0.1) is 17.7 Å². The Morgan fingerprint density at radius 2 is 1.87 bits per heavy atom. The maximum absolute atomic E-state index is 13.5. The van der Waals surface area contributed by atoms with Gasteiger partial charge in [-0.2, -0.15) is 0 Å². The number of hydrogen-bond acceptors (Lipinski definition) is 5. The third-order valence-corrected chi connectivity index (χ3v) is 6.31. The van der Waals surface area contributed by atoms with Gasteiger partial charge in [-0.05, 0) is 55.9 Å². The third kappa shape index (κ3) is 3.60. The van der Waals surface area contributed by atoms with Crippen LogP contribution >= 0.6 is 0 Å². The summed E-state index contributed by atoms with van der Waals surface area (Å²) in [7, 11) is 1.65. The molecule has 7 heteroatoms. The van der Waals surface area contributed by atoms with Crippen molar-refractivity contribution in [1.29, 1.82) is 0 Å². The number of nitro groups is 1. The summed E-state index contributed by atoms with van der Waals surface area (Å²) in [5.74, 6) is 0.809. The lowest BCUT2D eigenvalue weighted by molar-refractivity contribution is -0.384. The summed E-state index contributed by atoms with van der Waals surface area (Å²) in [5.41, 5.74) is 4.07. The van der Waals surface area contributed by atoms with E-state index in [1.54, 1.807) is 19.2 Å². The standard InChI is InChI=1S/C23H27N3O4/c1-16-9-10-21(30-2)22-18(16)6-5-13-25(22)23(27)17-11-14-24(15-12-17)19-7-3-4-8-20(19)26(28)29/h3-4,7-10,17H,5-6,11-15H2,1-2H3. The highest BCUT2D eigenvalue weighted by molar-refractivity contribution is 5.98. The van der Waals surface area contributed by atoms with Gasteiger partial charge < -0.3 is 14.5 Å². The zero-order valence-corrected chi connectivity index (χ0v) is 17.5. The molecule has 2 aromatic carbocycles. The van der Waals surface area contributed by atoms with Crippen LogP contribution in [-0.4, -0.2) is 37.6 Å². The Morgan fingerprint density at radius 3 is 2.57 bits per heavy atom. The molecule has 2 aromatic rings. The lowest BCUT2D eigenvalue weighted by Crippen LogP contribution is -2.44. The number of aryl methyl sites for hydroxylation is 1. The lowest BCUT2D eigenvalue weighted by atomic mass is 9.91. The van der Waals surface area contributed by atoms with Crippen LogP contribution in [0, 0.1) is 23.0 Å². The van der Waals surface area contributed by atoms with Gasteiger partial charge in [0.25, 0.3) is 5.69 Å². The molecule has 158 valence electrons. The summed E-state index contributed by atoms with van der Waals surface area (Å²) in [5, 5.41) is 11.4. The molecule has 2 heterocycles. The van der Waals surface area contributed by atoms with Gasteiger partial charge in [0.15, 0.2) is 0 Å². The number of amides is 1. The minimum atomic E-state index is -0.341. The van der Waals surface area contributed by atoms with Crippen LogP contribution in [0.3, 0.4) is 0 Å². The topological polar surface area (TPSA) is 75.9 Å². The number of nitro benzene ring substituents is 1. The van der Waals surface area contributed by atoms with E-state index in [2.05, 4.69) is 13.0 Å². The van der Waals surface area contributed by atoms with E-state index >= 15 is 0 Å². The van der Waals surface area contributed by atoms with E-state index in [4.69, 9.17) is 4.74 Å². The highest BCUT2D eigenvalue weighted by atomic mass is 16.6. The molecule has 0 aromatic heterocycles. The minimum absolute atomic E-state index is 0.0832. The predicted octanol–water partition coefficient (Wildman–Crippen LogP) is 4.11. The highest BCUT2D eigenvalue weighted by Crippen LogP contribution is 2.40. The summed E-state index contributed by atoms with van der Waals surface area (Å²) in [6.07, 6.45) is 3.27. The van der Waals surface area contributed by atoms with Crippen molar-refractivity contribution in [3.8, 4) is 5.75 Å². The van der Waals surface area contributed by atoms with E-state index in [0.717, 1.165) is 24.3 Å². The molecule has 30 heavy (non-hydrogen) atoms. The van der Waals surface area contributed by atoms with Crippen LogP contribution in [-0.2, 0) is 11.2 Å². The van der Waals surface area contributed by atoms with Crippen molar-refractivity contribution in [1.82, 2.24) is 0 Å². The summed E-state index contributed by atoms with van der Waals surface area (Å²) >= 11 is 0. The second kappa shape index (κ2) is 8.34. The molecule has 0 unspecified atom stereocenters. The van der Waals surface area contributed by atoms with Crippen LogP contribution in [0.15, 0.2) is 36.4 Å². The fraction of sp³-hybridized carbons (Fsp3) is 0.435. The first kappa shape index (κ1) is 20.2. The van der Waals surface area contributed by atoms with Crippen LogP contribution in [0.1, 0.15) is 30.4 Å². The van der Waals surface area contributed by atoms with E-state index in [9.17, 15) is 14.9 Å². The highest BCUT2D eigenvalue weighted by Gasteiger charge is 2.34. The van der Waals surface area contributed by atoms with Crippen LogP contribution in [0.5, 0.6) is 5.75 Å². The Labute approximate surface area is 176 Å². The average Bonchev–Trinajstić information content (AvgIpc) is 2.79. The van der Waals surface area contributed by atoms with Gasteiger partial charge in [0, 0.05) is 31.6 Å². The molecule has 0 saturated carbocycles. The maximum atomic E-state index is 13.5. The van der Waals surface area contributed by atoms with E-state index in [-0.39, 0.29) is 22.4 Å². The molecule has 0 N–H and O–H groups in total. The molecule has 1 saturated heterocycles. The normalized spacial score (nSPS) is 16.9. The quantitative estimate of drug-likeness (QED) is 0.561. The number of benzene rings is 2. The van der Waals surface area contributed by atoms with E-state index < -0.39 is 0 Å². The van der Waals surface area contributed by atoms with Crippen LogP contribution < -0.4 is 14.5 Å². The van der Waals surface area contributed by atoms with Gasteiger partial charge >= 0.3 is 0 Å². The van der Waals surface area contributed by atoms with Gasteiger partial charge in [0.2, 0.25) is 5.91 Å². The van der Waals surface area contributed by atoms with Gasteiger partial charge in [-0.15, -0.1) is 0 Å². The predicted molar refractivity (Wildman–Crippen MR) is 116 cm³/mol. The maximum Gasteiger partial charge on any atom is 0.292 e. The minimum Gasteiger partial charge on any atom is -0.495 e. The molecule has 4 rings (SSSR count). The molecule has 7 nitrogen and oxygen atoms in total. The number of rotatable bonds is 4. The number of hydrogen-bond donors (Lipinski definition) is 0. The smallest absolute Gasteiger partial charge is 0.292 e. The van der Waals surface area contributed by atoms with Crippen molar-refractivity contribution in [2.45, 2.75) is 32.6 Å². The zero-order chi connectivity index (χ0) is 21.3. The number of methoxy groups -OCH3 is 1. The molecule has 0 bridgehead atoms. The van der Waals surface area contributed by atoms with E-state index in [1.165, 1.54) is 17.2 Å². The van der Waals surface area contributed by atoms with E-state index in [0.29, 0.717) is 38.2 Å². The van der Waals surface area contributed by atoms with Crippen molar-refractivity contribution < 1.29 is 14.5 Å². The van der Waals surface area contributed by atoms with Crippen LogP contribution in [0.25, 0.3) is 0 Å². The number of ether oxygens (including phenoxy) is 1. The fourth-order valence-corrected chi connectivity index (χ4v) is 4.71. The van der Waals surface area contributed by atoms with Crippen molar-refractivity contribution in [3.05, 3.63) is 57.6 Å². The van der Waals surface area contributed by atoms with Crippen LogP contribution in [0.4, 0.5) is 17.1 Å². The molecule has 0 atom stereocenters. The first-order chi connectivity index (χ1) is 14.5. The number of para-hydroxylation sites is 2. The van der Waals surface area contributed by atoms with Crippen molar-refractivity contribution >= 4 is 23.0 Å². The summed E-state index contributed by atoms with van der Waals surface area (Å²) in [4.78, 5) is 28.4. The SMILES string of the molecule is COc1ccc(C)c2c1N(C(=O)C1CCN(c3ccccc3[N+](=O)[O-])CC1)CCC2. The fourth-order valence-electron chi connectivity index (χ4n) is 4.71. The monoisotopic (exact) mass is 409 g/mol. The molecule has 1 fully saturated rings. The Bertz CT molecular complexity index is 967. The Morgan fingerprint density at radius 1 is 1.13 bits per heavy atom. The molecule has 0 spiro atoms. The molecular formula is C23H27N3O4. The third-order valence-electron chi connectivity index (χ3n) is 6.31. The zero-order valence-electron chi connectivity index (χ0n) is 17.5. The first-order valence-corrected chi connectivity index (χ1v) is 10.5. The van der Waals surface area contributed by atoms with Gasteiger partial charge in [-0.1, -0.05) is 18.2 Å². The van der Waals surface area contributed by atoms with Crippen molar-refractivity contribution in [3.63, 3.8) is 0 Å². The molecular weight excluding hydrogens is 382 g/mol. The summed E-state index contributed by atoms with van der Waals surface area (Å²) in [6.45, 7) is 4.05. The second-order valence-corrected chi connectivity index (χ2v) is 8.01. The summed E-state index contributed by atoms with van der Waals surface area (Å²) < 4.78 is 5.58. The number of piperidine rings is 1. The number of anilines is 2. The van der Waals surface area contributed by atoms with Gasteiger partial charge in [-0.25, -0.2) is 0 Å². The number of nitrogens with zero attached hydrogens (tertiary/aromatic N) is 3. The lowest BCUT2D eigenvalue weighted by Gasteiger charge is -2.37. The van der Waals surface area contributed by atoms with E-state index in [1.807, 2.05) is 21.9 Å². The van der Waals surface area contributed by atoms with Gasteiger partial charge in [-0.3, -0.25) is 14.9 Å². The summed E-state index contributed by atoms with van der Waals surface area (Å²) in [6, 6.07) is 10.8. The Balaban J connectivity index is 1.52. The van der Waals surface area contributed by atoms with Gasteiger partial charge in [0.1, 0.15) is 11.4 Å². The average molecular weight is 409 g/mol. The Kier molecular flexibility index (Phi) is 5.61. The largest absolute Gasteiger partial charge is 0.495 e. The number of carbonyl (C=O) groups is 1. The molecule has 1 amide bonds. The second-order valence-electron chi connectivity index (χ2n) is 8.01.